The summed E-state index contributed by atoms with van der Waals surface area (Å²) in [7, 11) is 0. The molecule has 0 bridgehead atoms. The lowest BCUT2D eigenvalue weighted by Gasteiger charge is -1.97. The van der Waals surface area contributed by atoms with Crippen molar-refractivity contribution in [3.63, 3.8) is 0 Å². The van der Waals surface area contributed by atoms with Crippen LogP contribution in [0.5, 0.6) is 0 Å². The monoisotopic (exact) mass is 111 g/mol. The average Bonchev–Trinajstić information content (AvgIpc) is 1.94. The van der Waals surface area contributed by atoms with E-state index in [1.165, 1.54) is 0 Å². The number of hydrogen-bond donors (Lipinski definition) is 0. The van der Waals surface area contributed by atoms with Crippen LogP contribution in [0.2, 0.25) is 0 Å². The van der Waals surface area contributed by atoms with Gasteiger partial charge in [0.15, 0.2) is 0 Å². The predicted octanol–water partition coefficient (Wildman–Crippen LogP) is 1.92. The Morgan fingerprint density at radius 1 is 1.38 bits per heavy atom. The number of allylic oxidation sites excluding steroid dienone is 1. The van der Waals surface area contributed by atoms with E-state index in [9.17, 15) is 5.11 Å². The fourth-order valence-corrected chi connectivity index (χ4v) is 0.947. The van der Waals surface area contributed by atoms with E-state index in [1.807, 2.05) is 6.08 Å². The van der Waals surface area contributed by atoms with Gasteiger partial charge in [0.2, 0.25) is 0 Å². The molecule has 1 atom stereocenters. The average molecular weight is 111 g/mol. The Bertz CT molecular complexity index is 86.4. The zero-order valence-corrected chi connectivity index (χ0v) is 4.97. The van der Waals surface area contributed by atoms with Crippen LogP contribution in [0.1, 0.15) is 25.7 Å². The third kappa shape index (κ3) is 1.66. The topological polar surface area (TPSA) is 19.9 Å². The molecule has 0 spiro atoms. The molecule has 1 nitrogen and oxygen atoms in total. The van der Waals surface area contributed by atoms with E-state index >= 15 is 0 Å². The van der Waals surface area contributed by atoms with Gasteiger partial charge in [0.05, 0.1) is 6.10 Å². The summed E-state index contributed by atoms with van der Waals surface area (Å²) in [5, 5.41) is 10.7. The second-order valence-electron chi connectivity index (χ2n) is 2.26. The van der Waals surface area contributed by atoms with Crippen molar-refractivity contribution in [1.29, 1.82) is 0 Å². The van der Waals surface area contributed by atoms with Crippen molar-refractivity contribution < 1.29 is 5.11 Å². The second-order valence-corrected chi connectivity index (χ2v) is 2.26. The molecule has 1 aliphatic rings. The molecule has 0 aromatic rings. The van der Waals surface area contributed by atoms with Crippen LogP contribution in [0.25, 0.3) is 0 Å². The zero-order valence-electron chi connectivity index (χ0n) is 4.97. The minimum atomic E-state index is -0.311. The van der Waals surface area contributed by atoms with E-state index < -0.39 is 0 Å². The van der Waals surface area contributed by atoms with Crippen molar-refractivity contribution in [1.82, 2.24) is 0 Å². The van der Waals surface area contributed by atoms with Gasteiger partial charge in [-0.2, -0.15) is 0 Å². The summed E-state index contributed by atoms with van der Waals surface area (Å²) in [5.41, 5.74) is 0. The third-order valence-corrected chi connectivity index (χ3v) is 1.46. The highest BCUT2D eigenvalue weighted by Gasteiger charge is 2.04. The fraction of sp³-hybridized carbons (Fsp3) is 0.714. The van der Waals surface area contributed by atoms with E-state index in [1.54, 1.807) is 0 Å². The van der Waals surface area contributed by atoms with Gasteiger partial charge in [-0.05, 0) is 25.7 Å². The van der Waals surface area contributed by atoms with Crippen LogP contribution >= 0.6 is 0 Å². The molecule has 0 saturated carbocycles. The van der Waals surface area contributed by atoms with Crippen LogP contribution in [0, 0.1) is 0 Å². The molecule has 0 N–H and O–H groups in total. The Morgan fingerprint density at radius 2 is 2.25 bits per heavy atom. The molecule has 1 unspecified atom stereocenters. The highest BCUT2D eigenvalue weighted by Crippen LogP contribution is 2.10. The molecular weight excluding hydrogens is 100 g/mol. The van der Waals surface area contributed by atoms with E-state index in [2.05, 4.69) is 6.08 Å². The lowest BCUT2D eigenvalue weighted by Crippen LogP contribution is -1.99. The minimum absolute atomic E-state index is 0.311. The van der Waals surface area contributed by atoms with Gasteiger partial charge in [0.25, 0.3) is 0 Å². The molecule has 45 valence electrons. The molecule has 1 aliphatic carbocycles. The van der Waals surface area contributed by atoms with Gasteiger partial charge >= 0.3 is 0 Å². The lowest BCUT2D eigenvalue weighted by atomic mass is 10.2. The highest BCUT2D eigenvalue weighted by atomic mass is 16.3. The van der Waals surface area contributed by atoms with Crippen molar-refractivity contribution in [2.45, 2.75) is 31.8 Å². The second kappa shape index (κ2) is 2.88. The van der Waals surface area contributed by atoms with E-state index in [0.717, 1.165) is 25.7 Å². The van der Waals surface area contributed by atoms with Crippen molar-refractivity contribution >= 4 is 0 Å². The smallest absolute Gasteiger partial charge is 0.0964 e. The van der Waals surface area contributed by atoms with Gasteiger partial charge in [-0.25, -0.2) is 5.11 Å². The van der Waals surface area contributed by atoms with Gasteiger partial charge in [-0.3, -0.25) is 0 Å². The highest BCUT2D eigenvalue weighted by molar-refractivity contribution is 4.87. The van der Waals surface area contributed by atoms with Crippen LogP contribution < -0.4 is 0 Å². The molecule has 1 radical (unpaired) electrons. The first kappa shape index (κ1) is 5.83. The summed E-state index contributed by atoms with van der Waals surface area (Å²) >= 11 is 0. The maximum Gasteiger partial charge on any atom is 0.0964 e. The van der Waals surface area contributed by atoms with E-state index in [4.69, 9.17) is 0 Å². The Balaban J connectivity index is 2.30. The van der Waals surface area contributed by atoms with Crippen LogP contribution in [0.3, 0.4) is 0 Å². The van der Waals surface area contributed by atoms with E-state index in [-0.39, 0.29) is 6.10 Å². The van der Waals surface area contributed by atoms with Crippen molar-refractivity contribution in [2.75, 3.05) is 0 Å². The van der Waals surface area contributed by atoms with Crippen LogP contribution in [0.15, 0.2) is 12.2 Å². The Kier molecular flexibility index (Phi) is 2.10. The molecule has 0 aliphatic heterocycles. The van der Waals surface area contributed by atoms with Crippen LogP contribution in [-0.4, -0.2) is 6.10 Å². The summed E-state index contributed by atoms with van der Waals surface area (Å²) in [4.78, 5) is 0. The Labute approximate surface area is 50.0 Å². The molecule has 0 fully saturated rings. The maximum absolute atomic E-state index is 10.7. The molecule has 0 aromatic carbocycles. The standard InChI is InChI=1S/C7H11O/c8-7-5-3-1-2-4-6-7/h1,3,7H,2,4-6H2. The van der Waals surface area contributed by atoms with Crippen LogP contribution in [-0.2, 0) is 5.11 Å². The zero-order chi connectivity index (χ0) is 5.82. The van der Waals surface area contributed by atoms with Gasteiger partial charge in [-0.15, -0.1) is 0 Å². The molecular formula is C7H11O. The van der Waals surface area contributed by atoms with Gasteiger partial charge in [0.1, 0.15) is 0 Å². The van der Waals surface area contributed by atoms with Gasteiger partial charge < -0.3 is 0 Å². The molecule has 0 aromatic heterocycles. The fourth-order valence-electron chi connectivity index (χ4n) is 0.947. The Hall–Kier alpha value is -0.300. The lowest BCUT2D eigenvalue weighted by molar-refractivity contribution is 0.0839. The first-order valence-corrected chi connectivity index (χ1v) is 3.20. The largest absolute Gasteiger partial charge is 0.233 e. The first-order valence-electron chi connectivity index (χ1n) is 3.20. The molecule has 0 saturated heterocycles. The summed E-state index contributed by atoms with van der Waals surface area (Å²) in [6, 6.07) is 0. The number of rotatable bonds is 0. The molecule has 1 rings (SSSR count). The summed E-state index contributed by atoms with van der Waals surface area (Å²) < 4.78 is 0. The Morgan fingerprint density at radius 3 is 3.12 bits per heavy atom. The number of hydrogen-bond acceptors (Lipinski definition) is 0. The van der Waals surface area contributed by atoms with Crippen molar-refractivity contribution in [3.05, 3.63) is 12.2 Å². The SMILES string of the molecule is [O]C1CC=CCCC1. The minimum Gasteiger partial charge on any atom is -0.233 e. The third-order valence-electron chi connectivity index (χ3n) is 1.46. The van der Waals surface area contributed by atoms with Gasteiger partial charge in [-0.1, -0.05) is 12.2 Å². The summed E-state index contributed by atoms with van der Waals surface area (Å²) in [6.45, 7) is 0. The maximum atomic E-state index is 10.7. The van der Waals surface area contributed by atoms with Gasteiger partial charge in [0, 0.05) is 0 Å². The van der Waals surface area contributed by atoms with Crippen LogP contribution in [0.4, 0.5) is 0 Å². The van der Waals surface area contributed by atoms with Crippen molar-refractivity contribution in [3.8, 4) is 0 Å². The summed E-state index contributed by atoms with van der Waals surface area (Å²) in [6.07, 6.45) is 7.62. The molecule has 8 heavy (non-hydrogen) atoms. The molecule has 0 amide bonds. The quantitative estimate of drug-likeness (QED) is 0.425. The summed E-state index contributed by atoms with van der Waals surface area (Å²) in [5.74, 6) is 0. The first-order chi connectivity index (χ1) is 3.89. The molecule has 1 heteroatoms. The molecule has 0 heterocycles. The predicted molar refractivity (Wildman–Crippen MR) is 32.1 cm³/mol. The van der Waals surface area contributed by atoms with E-state index in [0.29, 0.717) is 0 Å². The van der Waals surface area contributed by atoms with Crippen molar-refractivity contribution in [2.24, 2.45) is 0 Å². The normalized spacial score (nSPS) is 29.9.